The molecule has 0 heterocycles. The van der Waals surface area contributed by atoms with Crippen molar-refractivity contribution in [1.29, 1.82) is 0 Å². The summed E-state index contributed by atoms with van der Waals surface area (Å²) in [4.78, 5) is 0. The van der Waals surface area contributed by atoms with Crippen LogP contribution in [0.2, 0.25) is 0 Å². The van der Waals surface area contributed by atoms with Crippen molar-refractivity contribution in [2.24, 2.45) is 0 Å². The molecule has 0 aliphatic heterocycles. The zero-order chi connectivity index (χ0) is 11.4. The molecular formula is C15H20LiN. The van der Waals surface area contributed by atoms with Crippen LogP contribution in [0.3, 0.4) is 0 Å². The Labute approximate surface area is 116 Å². The van der Waals surface area contributed by atoms with E-state index in [2.05, 4.69) is 31.7 Å². The first-order chi connectivity index (χ1) is 7.77. The van der Waals surface area contributed by atoms with Crippen LogP contribution in [0.5, 0.6) is 0 Å². The molecule has 1 saturated carbocycles. The maximum absolute atomic E-state index is 4.69. The van der Waals surface area contributed by atoms with Crippen molar-refractivity contribution < 1.29 is 18.9 Å². The van der Waals surface area contributed by atoms with Crippen molar-refractivity contribution in [2.75, 3.05) is 0 Å². The minimum Gasteiger partial charge on any atom is -0.687 e. The second kappa shape index (κ2) is 6.94. The van der Waals surface area contributed by atoms with E-state index in [-0.39, 0.29) is 18.9 Å². The van der Waals surface area contributed by atoms with Crippen LogP contribution in [0.1, 0.15) is 37.7 Å². The largest absolute Gasteiger partial charge is 1.00 e. The first kappa shape index (κ1) is 14.4. The summed E-state index contributed by atoms with van der Waals surface area (Å²) in [6, 6.07) is 6.82. The fraction of sp³-hybridized carbons (Fsp3) is 0.467. The number of nitrogens with zero attached hydrogens (tertiary/aromatic N) is 1. The number of hydrogen-bond donors (Lipinski definition) is 0. The predicted octanol–water partition coefficient (Wildman–Crippen LogP) is -0.146. The van der Waals surface area contributed by atoms with Gasteiger partial charge < -0.3 is 5.32 Å². The molecule has 0 bridgehead atoms. The van der Waals surface area contributed by atoms with Gasteiger partial charge in [-0.15, -0.1) is 6.04 Å². The van der Waals surface area contributed by atoms with Crippen molar-refractivity contribution in [3.63, 3.8) is 0 Å². The Kier molecular flexibility index (Phi) is 5.89. The summed E-state index contributed by atoms with van der Waals surface area (Å²) >= 11 is 0. The van der Waals surface area contributed by atoms with E-state index in [0.29, 0.717) is 6.04 Å². The van der Waals surface area contributed by atoms with Crippen LogP contribution in [-0.2, 0) is 0 Å². The average Bonchev–Trinajstić information content (AvgIpc) is 2.32. The Bertz CT molecular complexity index is 446. The third kappa shape index (κ3) is 3.94. The van der Waals surface area contributed by atoms with Gasteiger partial charge in [0.25, 0.3) is 0 Å². The second-order valence-electron chi connectivity index (χ2n) is 4.71. The monoisotopic (exact) mass is 221 g/mol. The zero-order valence-electron chi connectivity index (χ0n) is 11.1. The second-order valence-corrected chi connectivity index (χ2v) is 4.71. The summed E-state index contributed by atoms with van der Waals surface area (Å²) in [5.41, 5.74) is 1.24. The minimum absolute atomic E-state index is 0. The predicted molar refractivity (Wildman–Crippen MR) is 70.6 cm³/mol. The van der Waals surface area contributed by atoms with E-state index in [1.54, 1.807) is 0 Å². The zero-order valence-corrected chi connectivity index (χ0v) is 11.1. The van der Waals surface area contributed by atoms with Gasteiger partial charge in [0.05, 0.1) is 0 Å². The summed E-state index contributed by atoms with van der Waals surface area (Å²) in [5, 5.41) is 6.98. The first-order valence-electron chi connectivity index (χ1n) is 6.22. The van der Waals surface area contributed by atoms with E-state index in [4.69, 9.17) is 5.32 Å². The van der Waals surface area contributed by atoms with Crippen LogP contribution in [-0.4, -0.2) is 6.04 Å². The van der Waals surface area contributed by atoms with Crippen LogP contribution >= 0.6 is 0 Å². The molecule has 0 spiro atoms. The summed E-state index contributed by atoms with van der Waals surface area (Å²) in [7, 11) is 0. The summed E-state index contributed by atoms with van der Waals surface area (Å²) in [5.74, 6) is 0. The van der Waals surface area contributed by atoms with Crippen LogP contribution in [0.4, 0.5) is 0 Å². The average molecular weight is 221 g/mol. The van der Waals surface area contributed by atoms with Gasteiger partial charge in [0.15, 0.2) is 0 Å². The van der Waals surface area contributed by atoms with Crippen molar-refractivity contribution in [3.8, 4) is 0 Å². The first-order valence-corrected chi connectivity index (χ1v) is 6.22. The van der Waals surface area contributed by atoms with E-state index < -0.39 is 0 Å². The van der Waals surface area contributed by atoms with E-state index in [9.17, 15) is 0 Å². The van der Waals surface area contributed by atoms with Crippen LogP contribution < -0.4 is 29.3 Å². The molecule has 0 radical (unpaired) electrons. The van der Waals surface area contributed by atoms with Gasteiger partial charge in [0, 0.05) is 0 Å². The molecular weight excluding hydrogens is 201 g/mol. The van der Waals surface area contributed by atoms with E-state index >= 15 is 0 Å². The van der Waals surface area contributed by atoms with Gasteiger partial charge in [-0.2, -0.15) is 6.20 Å². The maximum Gasteiger partial charge on any atom is 1.00 e. The molecule has 0 saturated heterocycles. The van der Waals surface area contributed by atoms with Crippen molar-refractivity contribution in [1.82, 2.24) is 0 Å². The minimum atomic E-state index is 0. The number of aryl methyl sites for hydroxylation is 1. The summed E-state index contributed by atoms with van der Waals surface area (Å²) in [6.45, 7) is 6.19. The van der Waals surface area contributed by atoms with E-state index in [1.165, 1.54) is 42.9 Å². The Hall–Kier alpha value is -0.643. The van der Waals surface area contributed by atoms with Crippen LogP contribution in [0, 0.1) is 6.92 Å². The van der Waals surface area contributed by atoms with Gasteiger partial charge in [-0.1, -0.05) is 56.9 Å². The molecule has 17 heavy (non-hydrogen) atoms. The van der Waals surface area contributed by atoms with Crippen LogP contribution in [0.25, 0.3) is 18.1 Å². The molecule has 2 heteroatoms. The fourth-order valence-electron chi connectivity index (χ4n) is 2.26. The molecule has 1 fully saturated rings. The van der Waals surface area contributed by atoms with Crippen molar-refractivity contribution >= 4 is 12.8 Å². The standard InChI is InChI=1S/C15H20N.Li/c1-12-7-6-8-14(13(12)2)11-16-15-9-4-3-5-10-15;/h6-8,11,15H,2-5,9-10H2,1H3;/q-1;+1/b14-11+;. The van der Waals surface area contributed by atoms with E-state index in [1.807, 2.05) is 6.20 Å². The third-order valence-corrected chi connectivity index (χ3v) is 3.45. The molecule has 1 aliphatic carbocycles. The number of benzene rings is 1. The van der Waals surface area contributed by atoms with Gasteiger partial charge in [0.1, 0.15) is 0 Å². The van der Waals surface area contributed by atoms with Gasteiger partial charge >= 0.3 is 18.9 Å². The third-order valence-electron chi connectivity index (χ3n) is 3.45. The SMILES string of the molecule is C=c1c(C)ccc/c1=C\[N-]C1CCCCC1.[Li+]. The maximum atomic E-state index is 4.69. The number of hydrogen-bond acceptors (Lipinski definition) is 0. The van der Waals surface area contributed by atoms with Gasteiger partial charge in [0.2, 0.25) is 0 Å². The molecule has 1 aromatic rings. The molecule has 0 aromatic heterocycles. The van der Waals surface area contributed by atoms with Crippen molar-refractivity contribution in [3.05, 3.63) is 39.5 Å². The number of rotatable bonds is 2. The molecule has 0 atom stereocenters. The fourth-order valence-corrected chi connectivity index (χ4v) is 2.26. The Morgan fingerprint density at radius 2 is 1.94 bits per heavy atom. The van der Waals surface area contributed by atoms with Gasteiger partial charge in [-0.25, -0.2) is 0 Å². The van der Waals surface area contributed by atoms with E-state index in [0.717, 1.165) is 5.22 Å². The smallest absolute Gasteiger partial charge is 0.687 e. The molecule has 0 N–H and O–H groups in total. The Balaban J connectivity index is 0.00000144. The Morgan fingerprint density at radius 3 is 2.65 bits per heavy atom. The van der Waals surface area contributed by atoms with Gasteiger partial charge in [-0.05, 0) is 22.9 Å². The molecule has 0 amide bonds. The molecule has 2 rings (SSSR count). The topological polar surface area (TPSA) is 14.1 Å². The Morgan fingerprint density at radius 1 is 1.24 bits per heavy atom. The molecule has 1 aliphatic rings. The van der Waals surface area contributed by atoms with Gasteiger partial charge in [-0.3, -0.25) is 0 Å². The molecule has 1 aromatic carbocycles. The molecule has 0 unspecified atom stereocenters. The normalized spacial score (nSPS) is 17.6. The van der Waals surface area contributed by atoms with Crippen LogP contribution in [0.15, 0.2) is 18.2 Å². The van der Waals surface area contributed by atoms with Crippen molar-refractivity contribution in [2.45, 2.75) is 45.1 Å². The quantitative estimate of drug-likeness (QED) is 0.617. The summed E-state index contributed by atoms with van der Waals surface area (Å²) in [6.07, 6.45) is 8.60. The molecule has 86 valence electrons. The summed E-state index contributed by atoms with van der Waals surface area (Å²) < 4.78 is 0. The molecule has 1 nitrogen and oxygen atoms in total.